The van der Waals surface area contributed by atoms with Gasteiger partial charge in [0.05, 0.1) is 11.6 Å². The maximum absolute atomic E-state index is 6.17. The van der Waals surface area contributed by atoms with E-state index in [4.69, 9.17) is 20.8 Å². The van der Waals surface area contributed by atoms with E-state index >= 15 is 0 Å². The first-order valence-electron chi connectivity index (χ1n) is 7.41. The molecule has 0 radical (unpaired) electrons. The molecule has 0 bridgehead atoms. The summed E-state index contributed by atoms with van der Waals surface area (Å²) in [6.07, 6.45) is 1.71. The van der Waals surface area contributed by atoms with E-state index in [1.54, 1.807) is 6.20 Å². The Kier molecular flexibility index (Phi) is 5.29. The van der Waals surface area contributed by atoms with Gasteiger partial charge in [-0.05, 0) is 30.3 Å². The first kappa shape index (κ1) is 15.6. The number of nitrogens with one attached hydrogen (secondary N) is 1. The predicted octanol–water partition coefficient (Wildman–Crippen LogP) is 4.16. The third kappa shape index (κ3) is 4.34. The van der Waals surface area contributed by atoms with Crippen molar-refractivity contribution in [3.05, 3.63) is 71.6 Å². The van der Waals surface area contributed by atoms with E-state index in [0.717, 1.165) is 17.1 Å². The SMILES string of the molecule is Clc1ccccc1-c1ccc(CNCCOc2ccccn2)o1. The van der Waals surface area contributed by atoms with E-state index in [2.05, 4.69) is 10.3 Å². The van der Waals surface area contributed by atoms with E-state index in [9.17, 15) is 0 Å². The lowest BCUT2D eigenvalue weighted by Gasteiger charge is -2.05. The molecule has 0 aliphatic heterocycles. The highest BCUT2D eigenvalue weighted by atomic mass is 35.5. The molecular formula is C18H17ClN2O2. The summed E-state index contributed by atoms with van der Waals surface area (Å²) in [5.41, 5.74) is 0.902. The van der Waals surface area contributed by atoms with Gasteiger partial charge in [-0.2, -0.15) is 0 Å². The number of hydrogen-bond acceptors (Lipinski definition) is 4. The maximum atomic E-state index is 6.17. The highest BCUT2D eigenvalue weighted by Crippen LogP contribution is 2.28. The van der Waals surface area contributed by atoms with E-state index in [0.29, 0.717) is 30.6 Å². The first-order chi connectivity index (χ1) is 11.3. The van der Waals surface area contributed by atoms with Crippen LogP contribution in [0.5, 0.6) is 5.88 Å². The Balaban J connectivity index is 1.46. The van der Waals surface area contributed by atoms with Gasteiger partial charge in [0.1, 0.15) is 18.1 Å². The maximum Gasteiger partial charge on any atom is 0.213 e. The molecule has 2 aromatic heterocycles. The molecule has 1 aromatic carbocycles. The van der Waals surface area contributed by atoms with Crippen molar-refractivity contribution in [2.24, 2.45) is 0 Å². The van der Waals surface area contributed by atoms with Crippen LogP contribution in [0.25, 0.3) is 11.3 Å². The molecule has 0 spiro atoms. The van der Waals surface area contributed by atoms with Crippen LogP contribution in [-0.4, -0.2) is 18.1 Å². The number of rotatable bonds is 7. The number of pyridine rings is 1. The standard InChI is InChI=1S/C18H17ClN2O2/c19-16-6-2-1-5-15(16)17-9-8-14(23-17)13-20-11-12-22-18-7-3-4-10-21-18/h1-10,20H,11-13H2. The zero-order valence-electron chi connectivity index (χ0n) is 12.5. The Morgan fingerprint density at radius 1 is 1.04 bits per heavy atom. The molecule has 3 rings (SSSR count). The molecule has 0 unspecified atom stereocenters. The van der Waals surface area contributed by atoms with Gasteiger partial charge in [-0.25, -0.2) is 4.98 Å². The van der Waals surface area contributed by atoms with Crippen molar-refractivity contribution in [1.29, 1.82) is 0 Å². The average molecular weight is 329 g/mol. The summed E-state index contributed by atoms with van der Waals surface area (Å²) in [4.78, 5) is 4.10. The first-order valence-corrected chi connectivity index (χ1v) is 7.79. The quantitative estimate of drug-likeness (QED) is 0.661. The lowest BCUT2D eigenvalue weighted by molar-refractivity contribution is 0.300. The fourth-order valence-electron chi connectivity index (χ4n) is 2.15. The van der Waals surface area contributed by atoms with Crippen LogP contribution < -0.4 is 10.1 Å². The van der Waals surface area contributed by atoms with Crippen LogP contribution in [0.3, 0.4) is 0 Å². The molecule has 118 valence electrons. The van der Waals surface area contributed by atoms with Crippen molar-refractivity contribution in [2.75, 3.05) is 13.2 Å². The van der Waals surface area contributed by atoms with Crippen LogP contribution in [0.15, 0.2) is 65.2 Å². The van der Waals surface area contributed by atoms with Gasteiger partial charge in [0.2, 0.25) is 5.88 Å². The Morgan fingerprint density at radius 3 is 2.74 bits per heavy atom. The van der Waals surface area contributed by atoms with Gasteiger partial charge in [-0.1, -0.05) is 29.8 Å². The summed E-state index contributed by atoms with van der Waals surface area (Å²) < 4.78 is 11.3. The number of halogens is 1. The summed E-state index contributed by atoms with van der Waals surface area (Å²) in [5.74, 6) is 2.27. The van der Waals surface area contributed by atoms with E-state index in [-0.39, 0.29) is 0 Å². The molecule has 0 saturated carbocycles. The highest BCUT2D eigenvalue weighted by molar-refractivity contribution is 6.33. The third-order valence-corrected chi connectivity index (χ3v) is 3.60. The van der Waals surface area contributed by atoms with E-state index in [1.165, 1.54) is 0 Å². The van der Waals surface area contributed by atoms with Crippen LogP contribution in [0.1, 0.15) is 5.76 Å². The largest absolute Gasteiger partial charge is 0.476 e. The van der Waals surface area contributed by atoms with Crippen molar-refractivity contribution >= 4 is 11.6 Å². The lowest BCUT2D eigenvalue weighted by atomic mass is 10.2. The minimum atomic E-state index is 0.551. The number of hydrogen-bond donors (Lipinski definition) is 1. The third-order valence-electron chi connectivity index (χ3n) is 3.27. The van der Waals surface area contributed by atoms with Gasteiger partial charge in [-0.15, -0.1) is 0 Å². The van der Waals surface area contributed by atoms with Crippen molar-refractivity contribution in [2.45, 2.75) is 6.54 Å². The Hall–Kier alpha value is -2.30. The average Bonchev–Trinajstić information content (AvgIpc) is 3.04. The van der Waals surface area contributed by atoms with Gasteiger partial charge >= 0.3 is 0 Å². The number of ether oxygens (including phenoxy) is 1. The summed E-state index contributed by atoms with van der Waals surface area (Å²) in [7, 11) is 0. The molecular weight excluding hydrogens is 312 g/mol. The summed E-state index contributed by atoms with van der Waals surface area (Å²) in [5, 5.41) is 3.96. The van der Waals surface area contributed by atoms with E-state index < -0.39 is 0 Å². The number of nitrogens with zero attached hydrogens (tertiary/aromatic N) is 1. The minimum Gasteiger partial charge on any atom is -0.476 e. The van der Waals surface area contributed by atoms with Crippen molar-refractivity contribution in [1.82, 2.24) is 10.3 Å². The van der Waals surface area contributed by atoms with Crippen LogP contribution in [0.2, 0.25) is 5.02 Å². The number of furan rings is 1. The molecule has 0 aliphatic rings. The van der Waals surface area contributed by atoms with Gasteiger partial charge in [0, 0.05) is 24.4 Å². The van der Waals surface area contributed by atoms with Crippen LogP contribution >= 0.6 is 11.6 Å². The topological polar surface area (TPSA) is 47.3 Å². The fraction of sp³-hybridized carbons (Fsp3) is 0.167. The van der Waals surface area contributed by atoms with Gasteiger partial charge in [-0.3, -0.25) is 0 Å². The molecule has 5 heteroatoms. The molecule has 4 nitrogen and oxygen atoms in total. The molecule has 23 heavy (non-hydrogen) atoms. The van der Waals surface area contributed by atoms with Crippen LogP contribution in [0, 0.1) is 0 Å². The molecule has 0 atom stereocenters. The van der Waals surface area contributed by atoms with Crippen molar-refractivity contribution in [3.63, 3.8) is 0 Å². The number of benzene rings is 1. The second kappa shape index (κ2) is 7.81. The fourth-order valence-corrected chi connectivity index (χ4v) is 2.38. The molecule has 0 saturated heterocycles. The monoisotopic (exact) mass is 328 g/mol. The minimum absolute atomic E-state index is 0.551. The highest BCUT2D eigenvalue weighted by Gasteiger charge is 2.07. The van der Waals surface area contributed by atoms with Gasteiger partial charge in [0.15, 0.2) is 0 Å². The summed E-state index contributed by atoms with van der Waals surface area (Å²) in [6, 6.07) is 17.1. The Labute approximate surface area is 140 Å². The van der Waals surface area contributed by atoms with Gasteiger partial charge in [0.25, 0.3) is 0 Å². The Morgan fingerprint density at radius 2 is 1.91 bits per heavy atom. The molecule has 0 amide bonds. The van der Waals surface area contributed by atoms with Crippen LogP contribution in [0.4, 0.5) is 0 Å². The molecule has 1 N–H and O–H groups in total. The Bertz CT molecular complexity index is 744. The number of aromatic nitrogens is 1. The second-order valence-corrected chi connectivity index (χ2v) is 5.35. The van der Waals surface area contributed by atoms with Gasteiger partial charge < -0.3 is 14.5 Å². The molecule has 0 fully saturated rings. The smallest absolute Gasteiger partial charge is 0.213 e. The summed E-state index contributed by atoms with van der Waals surface area (Å²) in [6.45, 7) is 1.89. The predicted molar refractivity (Wildman–Crippen MR) is 90.6 cm³/mol. The van der Waals surface area contributed by atoms with Crippen molar-refractivity contribution < 1.29 is 9.15 Å². The van der Waals surface area contributed by atoms with Crippen molar-refractivity contribution in [3.8, 4) is 17.2 Å². The second-order valence-electron chi connectivity index (χ2n) is 4.94. The lowest BCUT2D eigenvalue weighted by Crippen LogP contribution is -2.20. The molecule has 3 aromatic rings. The zero-order chi connectivity index (χ0) is 15.9. The summed E-state index contributed by atoms with van der Waals surface area (Å²) >= 11 is 6.17. The molecule has 2 heterocycles. The van der Waals surface area contributed by atoms with Crippen LogP contribution in [-0.2, 0) is 6.54 Å². The normalized spacial score (nSPS) is 10.7. The zero-order valence-corrected chi connectivity index (χ0v) is 13.3. The molecule has 0 aliphatic carbocycles. The van der Waals surface area contributed by atoms with E-state index in [1.807, 2.05) is 54.6 Å².